The highest BCUT2D eigenvalue weighted by Crippen LogP contribution is 2.22. The number of pyridine rings is 1. The predicted octanol–water partition coefficient (Wildman–Crippen LogP) is 3.33. The van der Waals surface area contributed by atoms with Gasteiger partial charge in [0.15, 0.2) is 0 Å². The van der Waals surface area contributed by atoms with E-state index in [9.17, 15) is 14.4 Å². The first-order valence-corrected chi connectivity index (χ1v) is 9.80. The van der Waals surface area contributed by atoms with Crippen LogP contribution in [-0.4, -0.2) is 34.8 Å². The highest BCUT2D eigenvalue weighted by Gasteiger charge is 2.27. The Bertz CT molecular complexity index is 1110. The largest absolute Gasteiger partial charge is 0.339 e. The van der Waals surface area contributed by atoms with Crippen LogP contribution >= 0.6 is 0 Å². The molecule has 2 aromatic carbocycles. The van der Waals surface area contributed by atoms with Crippen LogP contribution in [0.3, 0.4) is 0 Å². The number of aryl methyl sites for hydroxylation is 1. The molecule has 1 aliphatic rings. The first-order chi connectivity index (χ1) is 14.0. The maximum atomic E-state index is 12.7. The number of hydrogen-bond donors (Lipinski definition) is 2. The lowest BCUT2D eigenvalue weighted by atomic mass is 9.95. The molecular weight excluding hydrogens is 366 g/mol. The summed E-state index contributed by atoms with van der Waals surface area (Å²) in [5.41, 5.74) is 2.56. The molecule has 1 fully saturated rings. The summed E-state index contributed by atoms with van der Waals surface area (Å²) in [4.78, 5) is 41.7. The van der Waals surface area contributed by atoms with Crippen LogP contribution < -0.4 is 10.9 Å². The van der Waals surface area contributed by atoms with Crippen molar-refractivity contribution >= 4 is 28.4 Å². The Hall–Kier alpha value is -3.41. The minimum atomic E-state index is -0.136. The van der Waals surface area contributed by atoms with Crippen molar-refractivity contribution in [3.05, 3.63) is 76.1 Å². The monoisotopic (exact) mass is 389 g/mol. The number of nitrogens with one attached hydrogen (secondary N) is 2. The quantitative estimate of drug-likeness (QED) is 0.721. The number of likely N-dealkylation sites (tertiary alicyclic amines) is 1. The van der Waals surface area contributed by atoms with Gasteiger partial charge in [-0.2, -0.15) is 0 Å². The Morgan fingerprint density at radius 2 is 1.76 bits per heavy atom. The van der Waals surface area contributed by atoms with E-state index in [0.717, 1.165) is 5.39 Å². The van der Waals surface area contributed by atoms with E-state index in [4.69, 9.17) is 0 Å². The molecule has 3 aromatic rings. The summed E-state index contributed by atoms with van der Waals surface area (Å²) < 4.78 is 0. The second-order valence-corrected chi connectivity index (χ2v) is 7.51. The van der Waals surface area contributed by atoms with Gasteiger partial charge in [-0.1, -0.05) is 24.3 Å². The molecular formula is C23H23N3O3. The molecule has 0 unspecified atom stereocenters. The molecule has 6 heteroatoms. The van der Waals surface area contributed by atoms with Gasteiger partial charge in [0, 0.05) is 35.8 Å². The average Bonchev–Trinajstić information content (AvgIpc) is 2.75. The highest BCUT2D eigenvalue weighted by atomic mass is 16.2. The molecule has 0 spiro atoms. The average molecular weight is 389 g/mol. The zero-order chi connectivity index (χ0) is 20.4. The number of fused-ring (bicyclic) bond motifs is 1. The Balaban J connectivity index is 1.39. The number of amides is 2. The van der Waals surface area contributed by atoms with Crippen molar-refractivity contribution in [1.82, 2.24) is 9.88 Å². The van der Waals surface area contributed by atoms with Gasteiger partial charge in [-0.05, 0) is 55.5 Å². The van der Waals surface area contributed by atoms with Gasteiger partial charge in [0.25, 0.3) is 11.5 Å². The number of hydrogen-bond acceptors (Lipinski definition) is 3. The predicted molar refractivity (Wildman–Crippen MR) is 113 cm³/mol. The summed E-state index contributed by atoms with van der Waals surface area (Å²) in [6.07, 6.45) is 1.27. The van der Waals surface area contributed by atoms with E-state index in [1.807, 2.05) is 53.4 Å². The zero-order valence-corrected chi connectivity index (χ0v) is 16.3. The third-order valence-electron chi connectivity index (χ3n) is 5.47. The van der Waals surface area contributed by atoms with E-state index in [-0.39, 0.29) is 23.3 Å². The number of nitrogens with zero attached hydrogens (tertiary/aromatic N) is 1. The van der Waals surface area contributed by atoms with Crippen molar-refractivity contribution in [3.8, 4) is 0 Å². The summed E-state index contributed by atoms with van der Waals surface area (Å²) in [6, 6.07) is 16.6. The smallest absolute Gasteiger partial charge is 0.253 e. The number of carbonyl (C=O) groups is 2. The minimum absolute atomic E-state index is 0.0123. The van der Waals surface area contributed by atoms with E-state index < -0.39 is 0 Å². The SMILES string of the molecule is Cc1cc2ccc(NC(=O)C3CCN(C(=O)c4ccccc4)CC3)cc2[nH]c1=O. The third-order valence-corrected chi connectivity index (χ3v) is 5.47. The molecule has 0 atom stereocenters. The molecule has 2 heterocycles. The van der Waals surface area contributed by atoms with Crippen LogP contribution in [0.25, 0.3) is 10.9 Å². The van der Waals surface area contributed by atoms with E-state index in [1.165, 1.54) is 0 Å². The summed E-state index contributed by atoms with van der Waals surface area (Å²) in [7, 11) is 0. The van der Waals surface area contributed by atoms with Crippen LogP contribution in [-0.2, 0) is 4.79 Å². The first kappa shape index (κ1) is 18.9. The Morgan fingerprint density at radius 3 is 2.48 bits per heavy atom. The van der Waals surface area contributed by atoms with E-state index in [1.54, 1.807) is 13.0 Å². The van der Waals surface area contributed by atoms with Gasteiger partial charge in [-0.15, -0.1) is 0 Å². The number of benzene rings is 2. The number of carbonyl (C=O) groups excluding carboxylic acids is 2. The van der Waals surface area contributed by atoms with Crippen LogP contribution in [0.2, 0.25) is 0 Å². The minimum Gasteiger partial charge on any atom is -0.339 e. The molecule has 1 saturated heterocycles. The fraction of sp³-hybridized carbons (Fsp3) is 0.261. The second kappa shape index (κ2) is 7.91. The number of aromatic amines is 1. The Morgan fingerprint density at radius 1 is 1.03 bits per heavy atom. The molecule has 1 aliphatic heterocycles. The van der Waals surface area contributed by atoms with Gasteiger partial charge in [-0.25, -0.2) is 0 Å². The lowest BCUT2D eigenvalue weighted by Gasteiger charge is -2.31. The zero-order valence-electron chi connectivity index (χ0n) is 16.3. The Labute approximate surface area is 168 Å². The molecule has 2 amide bonds. The van der Waals surface area contributed by atoms with E-state index >= 15 is 0 Å². The van der Waals surface area contributed by atoms with Gasteiger partial charge in [0.1, 0.15) is 0 Å². The summed E-state index contributed by atoms with van der Waals surface area (Å²) in [5.74, 6) is -0.175. The van der Waals surface area contributed by atoms with Crippen molar-refractivity contribution in [2.24, 2.45) is 5.92 Å². The van der Waals surface area contributed by atoms with Crippen molar-refractivity contribution in [2.75, 3.05) is 18.4 Å². The molecule has 148 valence electrons. The van der Waals surface area contributed by atoms with E-state index in [0.29, 0.717) is 48.3 Å². The summed E-state index contributed by atoms with van der Waals surface area (Å²) >= 11 is 0. The normalized spacial score (nSPS) is 14.7. The number of rotatable bonds is 3. The fourth-order valence-electron chi connectivity index (χ4n) is 3.74. The van der Waals surface area contributed by atoms with Gasteiger partial charge in [0.05, 0.1) is 5.52 Å². The van der Waals surface area contributed by atoms with Gasteiger partial charge in [-0.3, -0.25) is 14.4 Å². The van der Waals surface area contributed by atoms with Gasteiger partial charge >= 0.3 is 0 Å². The topological polar surface area (TPSA) is 82.3 Å². The maximum Gasteiger partial charge on any atom is 0.253 e. The fourth-order valence-corrected chi connectivity index (χ4v) is 3.74. The number of anilines is 1. The second-order valence-electron chi connectivity index (χ2n) is 7.51. The molecule has 0 radical (unpaired) electrons. The van der Waals surface area contributed by atoms with Crippen LogP contribution in [0.1, 0.15) is 28.8 Å². The van der Waals surface area contributed by atoms with Gasteiger partial charge in [0.2, 0.25) is 5.91 Å². The van der Waals surface area contributed by atoms with Crippen LogP contribution in [0.15, 0.2) is 59.4 Å². The molecule has 0 saturated carbocycles. The lowest BCUT2D eigenvalue weighted by molar-refractivity contribution is -0.121. The summed E-state index contributed by atoms with van der Waals surface area (Å²) in [6.45, 7) is 2.90. The highest BCUT2D eigenvalue weighted by molar-refractivity contribution is 5.96. The van der Waals surface area contributed by atoms with Crippen LogP contribution in [0.5, 0.6) is 0 Å². The molecule has 0 bridgehead atoms. The standard InChI is InChI=1S/C23H23N3O3/c1-15-13-18-7-8-19(14-20(18)25-21(15)27)24-22(28)16-9-11-26(12-10-16)23(29)17-5-3-2-4-6-17/h2-8,13-14,16H,9-12H2,1H3,(H,24,28)(H,25,27). The molecule has 29 heavy (non-hydrogen) atoms. The summed E-state index contributed by atoms with van der Waals surface area (Å²) in [5, 5.41) is 3.87. The first-order valence-electron chi connectivity index (χ1n) is 9.80. The number of H-pyrrole nitrogens is 1. The molecule has 4 rings (SSSR count). The van der Waals surface area contributed by atoms with Gasteiger partial charge < -0.3 is 15.2 Å². The van der Waals surface area contributed by atoms with Crippen molar-refractivity contribution < 1.29 is 9.59 Å². The lowest BCUT2D eigenvalue weighted by Crippen LogP contribution is -2.41. The molecule has 6 nitrogen and oxygen atoms in total. The van der Waals surface area contributed by atoms with Crippen LogP contribution in [0, 0.1) is 12.8 Å². The van der Waals surface area contributed by atoms with Crippen LogP contribution in [0.4, 0.5) is 5.69 Å². The van der Waals surface area contributed by atoms with E-state index in [2.05, 4.69) is 10.3 Å². The number of aromatic nitrogens is 1. The molecule has 0 aliphatic carbocycles. The Kier molecular flexibility index (Phi) is 5.16. The van der Waals surface area contributed by atoms with Crippen molar-refractivity contribution in [1.29, 1.82) is 0 Å². The number of piperidine rings is 1. The van der Waals surface area contributed by atoms with Crippen molar-refractivity contribution in [3.63, 3.8) is 0 Å². The third kappa shape index (κ3) is 4.06. The molecule has 2 N–H and O–H groups in total. The van der Waals surface area contributed by atoms with Crippen molar-refractivity contribution in [2.45, 2.75) is 19.8 Å². The maximum absolute atomic E-state index is 12.7. The molecule has 1 aromatic heterocycles.